The fourth-order valence-corrected chi connectivity index (χ4v) is 2.64. The number of amides is 1. The minimum Gasteiger partial charge on any atom is -0.321 e. The first-order valence-corrected chi connectivity index (χ1v) is 8.55. The summed E-state index contributed by atoms with van der Waals surface area (Å²) in [6, 6.07) is 17.4. The maximum atomic E-state index is 12.4. The minimum atomic E-state index is -0.202. The van der Waals surface area contributed by atoms with E-state index < -0.39 is 0 Å². The molecule has 0 fully saturated rings. The number of anilines is 1. The molecule has 24 heavy (non-hydrogen) atoms. The molecule has 1 amide bonds. The highest BCUT2D eigenvalue weighted by molar-refractivity contribution is 9.10. The van der Waals surface area contributed by atoms with Crippen molar-refractivity contribution >= 4 is 27.5 Å². The summed E-state index contributed by atoms with van der Waals surface area (Å²) in [4.78, 5) is 12.4. The molecule has 122 valence electrons. The average molecular weight is 384 g/mol. The Labute approximate surface area is 149 Å². The van der Waals surface area contributed by atoms with E-state index in [9.17, 15) is 4.79 Å². The Morgan fingerprint density at radius 3 is 2.58 bits per heavy atom. The van der Waals surface area contributed by atoms with Crippen LogP contribution in [-0.4, -0.2) is 16.1 Å². The van der Waals surface area contributed by atoms with Gasteiger partial charge in [-0.2, -0.15) is 5.10 Å². The topological polar surface area (TPSA) is 57.8 Å². The molecule has 0 saturated carbocycles. The maximum Gasteiger partial charge on any atom is 0.273 e. The first-order valence-electron chi connectivity index (χ1n) is 7.75. The molecule has 1 aromatic heterocycles. The molecule has 4 nitrogen and oxygen atoms in total. The Morgan fingerprint density at radius 2 is 1.88 bits per heavy atom. The van der Waals surface area contributed by atoms with Crippen molar-refractivity contribution in [3.63, 3.8) is 0 Å². The normalized spacial score (nSPS) is 10.8. The van der Waals surface area contributed by atoms with Gasteiger partial charge in [0.05, 0.1) is 5.69 Å². The van der Waals surface area contributed by atoms with Crippen molar-refractivity contribution in [1.82, 2.24) is 10.2 Å². The van der Waals surface area contributed by atoms with E-state index >= 15 is 0 Å². The monoisotopic (exact) mass is 383 g/mol. The summed E-state index contributed by atoms with van der Waals surface area (Å²) in [5, 5.41) is 9.94. The molecule has 0 aliphatic rings. The van der Waals surface area contributed by atoms with Crippen LogP contribution in [-0.2, 0) is 0 Å². The minimum absolute atomic E-state index is 0.202. The molecule has 0 aliphatic carbocycles. The molecule has 2 aromatic carbocycles. The second-order valence-electron chi connectivity index (χ2n) is 5.91. The van der Waals surface area contributed by atoms with Gasteiger partial charge in [0.25, 0.3) is 5.91 Å². The molecule has 0 unspecified atom stereocenters. The van der Waals surface area contributed by atoms with Crippen LogP contribution in [0.3, 0.4) is 0 Å². The van der Waals surface area contributed by atoms with Crippen LogP contribution >= 0.6 is 15.9 Å². The number of carbonyl (C=O) groups excluding carboxylic acids is 1. The number of H-pyrrole nitrogens is 1. The van der Waals surface area contributed by atoms with Crippen LogP contribution in [0.2, 0.25) is 0 Å². The van der Waals surface area contributed by atoms with Gasteiger partial charge in [-0.25, -0.2) is 0 Å². The Morgan fingerprint density at radius 1 is 1.12 bits per heavy atom. The molecular formula is C19H18BrN3O. The van der Waals surface area contributed by atoms with Gasteiger partial charge in [0, 0.05) is 15.7 Å². The summed E-state index contributed by atoms with van der Waals surface area (Å²) in [6.07, 6.45) is 0. The highest BCUT2D eigenvalue weighted by atomic mass is 79.9. The van der Waals surface area contributed by atoms with E-state index in [4.69, 9.17) is 0 Å². The smallest absolute Gasteiger partial charge is 0.273 e. The van der Waals surface area contributed by atoms with Crippen LogP contribution in [0.15, 0.2) is 59.1 Å². The highest BCUT2D eigenvalue weighted by Crippen LogP contribution is 2.22. The summed E-state index contributed by atoms with van der Waals surface area (Å²) in [5.74, 6) is 0.213. The molecule has 1 heterocycles. The number of halogens is 1. The van der Waals surface area contributed by atoms with Crippen LogP contribution in [0.25, 0.3) is 11.3 Å². The third-order valence-corrected chi connectivity index (χ3v) is 4.30. The number of aromatic nitrogens is 2. The standard InChI is InChI=1S/C19H18BrN3O/c1-12(2)14-4-3-5-16(10-14)21-19(24)18-11-17(22-23-18)13-6-8-15(20)9-7-13/h3-12H,1-2H3,(H,21,24)(H,22,23). The third-order valence-electron chi connectivity index (χ3n) is 3.77. The highest BCUT2D eigenvalue weighted by Gasteiger charge is 2.12. The number of hydrogen-bond donors (Lipinski definition) is 2. The van der Waals surface area contributed by atoms with Crippen molar-refractivity contribution in [1.29, 1.82) is 0 Å². The van der Waals surface area contributed by atoms with Crippen molar-refractivity contribution < 1.29 is 4.79 Å². The zero-order valence-corrected chi connectivity index (χ0v) is 15.1. The molecule has 0 bridgehead atoms. The lowest BCUT2D eigenvalue weighted by Gasteiger charge is -2.08. The van der Waals surface area contributed by atoms with Crippen LogP contribution in [0.5, 0.6) is 0 Å². The molecule has 3 rings (SSSR count). The number of benzene rings is 2. The van der Waals surface area contributed by atoms with Crippen LogP contribution in [0, 0.1) is 0 Å². The van der Waals surface area contributed by atoms with Gasteiger partial charge >= 0.3 is 0 Å². The molecule has 0 aliphatic heterocycles. The SMILES string of the molecule is CC(C)c1cccc(NC(=O)c2cc(-c3ccc(Br)cc3)n[nH]2)c1. The number of nitrogens with zero attached hydrogens (tertiary/aromatic N) is 1. The predicted octanol–water partition coefficient (Wildman–Crippen LogP) is 5.21. The van der Waals surface area contributed by atoms with Crippen LogP contribution < -0.4 is 5.32 Å². The lowest BCUT2D eigenvalue weighted by atomic mass is 10.0. The maximum absolute atomic E-state index is 12.4. The van der Waals surface area contributed by atoms with E-state index in [2.05, 4.69) is 51.4 Å². The average Bonchev–Trinajstić information content (AvgIpc) is 3.06. The summed E-state index contributed by atoms with van der Waals surface area (Å²) >= 11 is 3.41. The number of rotatable bonds is 4. The summed E-state index contributed by atoms with van der Waals surface area (Å²) in [7, 11) is 0. The quantitative estimate of drug-likeness (QED) is 0.648. The predicted molar refractivity (Wildman–Crippen MR) is 100 cm³/mol. The van der Waals surface area contributed by atoms with Gasteiger partial charge in [-0.05, 0) is 41.8 Å². The van der Waals surface area contributed by atoms with E-state index in [1.807, 2.05) is 42.5 Å². The lowest BCUT2D eigenvalue weighted by Crippen LogP contribution is -2.12. The second kappa shape index (κ2) is 7.01. The summed E-state index contributed by atoms with van der Waals surface area (Å²) in [5.41, 5.74) is 4.10. The molecular weight excluding hydrogens is 366 g/mol. The fraction of sp³-hybridized carbons (Fsp3) is 0.158. The van der Waals surface area contributed by atoms with E-state index in [0.717, 1.165) is 21.4 Å². The van der Waals surface area contributed by atoms with E-state index in [1.165, 1.54) is 5.56 Å². The molecule has 2 N–H and O–H groups in total. The van der Waals surface area contributed by atoms with Gasteiger partial charge in [-0.3, -0.25) is 9.89 Å². The van der Waals surface area contributed by atoms with Crippen molar-refractivity contribution in [2.45, 2.75) is 19.8 Å². The largest absolute Gasteiger partial charge is 0.321 e. The van der Waals surface area contributed by atoms with Gasteiger partial charge in [-0.1, -0.05) is 54.0 Å². The summed E-state index contributed by atoms with van der Waals surface area (Å²) in [6.45, 7) is 4.25. The van der Waals surface area contributed by atoms with Gasteiger partial charge < -0.3 is 5.32 Å². The Bertz CT molecular complexity index is 853. The van der Waals surface area contributed by atoms with Gasteiger partial charge in [0.15, 0.2) is 0 Å². The van der Waals surface area contributed by atoms with Gasteiger partial charge in [0.1, 0.15) is 5.69 Å². The first kappa shape index (κ1) is 16.5. The molecule has 0 atom stereocenters. The number of carbonyl (C=O) groups is 1. The van der Waals surface area contributed by atoms with Gasteiger partial charge in [0.2, 0.25) is 0 Å². The number of nitrogens with one attached hydrogen (secondary N) is 2. The zero-order valence-electron chi connectivity index (χ0n) is 13.5. The summed E-state index contributed by atoms with van der Waals surface area (Å²) < 4.78 is 1.00. The fourth-order valence-electron chi connectivity index (χ4n) is 2.38. The van der Waals surface area contributed by atoms with Crippen LogP contribution in [0.1, 0.15) is 35.8 Å². The van der Waals surface area contributed by atoms with Crippen molar-refractivity contribution in [3.05, 3.63) is 70.3 Å². The Balaban J connectivity index is 1.76. The van der Waals surface area contributed by atoms with Crippen molar-refractivity contribution in [2.24, 2.45) is 0 Å². The number of aromatic amines is 1. The molecule has 0 radical (unpaired) electrons. The Hall–Kier alpha value is -2.40. The van der Waals surface area contributed by atoms with Crippen LogP contribution in [0.4, 0.5) is 5.69 Å². The number of hydrogen-bond acceptors (Lipinski definition) is 2. The van der Waals surface area contributed by atoms with E-state index in [0.29, 0.717) is 11.6 Å². The van der Waals surface area contributed by atoms with E-state index in [1.54, 1.807) is 6.07 Å². The first-order chi connectivity index (χ1) is 11.5. The molecule has 0 spiro atoms. The third kappa shape index (κ3) is 3.74. The molecule has 5 heteroatoms. The Kier molecular flexibility index (Phi) is 4.81. The van der Waals surface area contributed by atoms with Crippen molar-refractivity contribution in [3.8, 4) is 11.3 Å². The second-order valence-corrected chi connectivity index (χ2v) is 6.82. The zero-order chi connectivity index (χ0) is 17.1. The van der Waals surface area contributed by atoms with Crippen molar-refractivity contribution in [2.75, 3.05) is 5.32 Å². The van der Waals surface area contributed by atoms with Gasteiger partial charge in [-0.15, -0.1) is 0 Å². The molecule has 0 saturated heterocycles. The molecule has 3 aromatic rings. The lowest BCUT2D eigenvalue weighted by molar-refractivity contribution is 0.102. The van der Waals surface area contributed by atoms with E-state index in [-0.39, 0.29) is 5.91 Å².